The molecule has 0 aliphatic carbocycles. The number of rotatable bonds is 5. The number of nitrogen functional groups attached to an aromatic ring is 1. The Hall–Kier alpha value is -4.06. The molecule has 0 radical (unpaired) electrons. The summed E-state index contributed by atoms with van der Waals surface area (Å²) in [5.41, 5.74) is 11.6. The molecule has 6 heteroatoms. The van der Waals surface area contributed by atoms with E-state index in [0.717, 1.165) is 27.8 Å². The SMILES string of the molecule is COc1cccc(C2Oc3cccc(OC(F)F)c3-c3ccc(-c4ccccc4N)cc32)c1. The molecule has 1 aliphatic rings. The summed E-state index contributed by atoms with van der Waals surface area (Å²) in [5, 5.41) is 0. The van der Waals surface area contributed by atoms with Crippen LogP contribution in [0.25, 0.3) is 22.3 Å². The van der Waals surface area contributed by atoms with Crippen molar-refractivity contribution in [2.75, 3.05) is 12.8 Å². The fourth-order valence-corrected chi connectivity index (χ4v) is 4.25. The van der Waals surface area contributed by atoms with Gasteiger partial charge in [0, 0.05) is 22.4 Å². The number of benzene rings is 4. The van der Waals surface area contributed by atoms with Crippen molar-refractivity contribution in [3.63, 3.8) is 0 Å². The predicted molar refractivity (Wildman–Crippen MR) is 124 cm³/mol. The van der Waals surface area contributed by atoms with Crippen LogP contribution in [0.2, 0.25) is 0 Å². The van der Waals surface area contributed by atoms with Gasteiger partial charge in [-0.25, -0.2) is 0 Å². The predicted octanol–water partition coefficient (Wildman–Crippen LogP) is 6.69. The van der Waals surface area contributed by atoms with Gasteiger partial charge in [0.15, 0.2) is 0 Å². The lowest BCUT2D eigenvalue weighted by Crippen LogP contribution is -2.17. The van der Waals surface area contributed by atoms with E-state index in [1.54, 1.807) is 19.2 Å². The topological polar surface area (TPSA) is 53.7 Å². The third kappa shape index (κ3) is 3.84. The van der Waals surface area contributed by atoms with Crippen molar-refractivity contribution in [1.82, 2.24) is 0 Å². The normalized spacial score (nSPS) is 14.2. The molecule has 0 aromatic heterocycles. The molecule has 0 saturated heterocycles. The summed E-state index contributed by atoms with van der Waals surface area (Å²) >= 11 is 0. The number of fused-ring (bicyclic) bond motifs is 3. The lowest BCUT2D eigenvalue weighted by Gasteiger charge is -2.31. The first kappa shape index (κ1) is 20.8. The van der Waals surface area contributed by atoms with Gasteiger partial charge in [-0.15, -0.1) is 0 Å². The van der Waals surface area contributed by atoms with Crippen LogP contribution in [0.3, 0.4) is 0 Å². The Kier molecular flexibility index (Phi) is 5.34. The Balaban J connectivity index is 1.73. The highest BCUT2D eigenvalue weighted by Gasteiger charge is 2.31. The number of hydrogen-bond acceptors (Lipinski definition) is 4. The molecule has 0 amide bonds. The van der Waals surface area contributed by atoms with Crippen molar-refractivity contribution < 1.29 is 23.0 Å². The van der Waals surface area contributed by atoms with Crippen LogP contribution in [0.4, 0.5) is 14.5 Å². The van der Waals surface area contributed by atoms with E-state index in [1.165, 1.54) is 6.07 Å². The Morgan fingerprint density at radius 2 is 1.70 bits per heavy atom. The van der Waals surface area contributed by atoms with E-state index in [9.17, 15) is 8.78 Å². The highest BCUT2D eigenvalue weighted by Crippen LogP contribution is 2.50. The maximum absolute atomic E-state index is 13.1. The summed E-state index contributed by atoms with van der Waals surface area (Å²) in [6, 6.07) is 25.9. The van der Waals surface area contributed by atoms with Gasteiger partial charge < -0.3 is 19.9 Å². The maximum Gasteiger partial charge on any atom is 0.387 e. The van der Waals surface area contributed by atoms with Crippen LogP contribution in [-0.4, -0.2) is 13.7 Å². The van der Waals surface area contributed by atoms with Gasteiger partial charge in [-0.05, 0) is 47.5 Å². The molecule has 0 bridgehead atoms. The van der Waals surface area contributed by atoms with Crippen molar-refractivity contribution >= 4 is 5.69 Å². The van der Waals surface area contributed by atoms with E-state index in [2.05, 4.69) is 0 Å². The molecule has 2 N–H and O–H groups in total. The van der Waals surface area contributed by atoms with E-state index in [-0.39, 0.29) is 5.75 Å². The molecular formula is C27H21F2NO3. The number of alkyl halides is 2. The van der Waals surface area contributed by atoms with Crippen LogP contribution in [0.1, 0.15) is 17.2 Å². The van der Waals surface area contributed by atoms with Crippen LogP contribution in [-0.2, 0) is 0 Å². The maximum atomic E-state index is 13.1. The van der Waals surface area contributed by atoms with Gasteiger partial charge in [0.1, 0.15) is 23.4 Å². The zero-order chi connectivity index (χ0) is 22.9. The second-order valence-corrected chi connectivity index (χ2v) is 7.67. The van der Waals surface area contributed by atoms with Crippen molar-refractivity contribution in [2.24, 2.45) is 0 Å². The summed E-state index contributed by atoms with van der Waals surface area (Å²) in [6.45, 7) is -2.94. The fraction of sp³-hybridized carbons (Fsp3) is 0.111. The van der Waals surface area contributed by atoms with Crippen LogP contribution < -0.4 is 19.9 Å². The van der Waals surface area contributed by atoms with Gasteiger partial charge in [-0.3, -0.25) is 0 Å². The number of para-hydroxylation sites is 1. The van der Waals surface area contributed by atoms with Gasteiger partial charge in [0.25, 0.3) is 0 Å². The molecular weight excluding hydrogens is 424 g/mol. The highest BCUT2D eigenvalue weighted by atomic mass is 19.3. The van der Waals surface area contributed by atoms with Gasteiger partial charge >= 0.3 is 6.61 Å². The number of halogens is 2. The Morgan fingerprint density at radius 1 is 0.879 bits per heavy atom. The molecule has 1 heterocycles. The minimum absolute atomic E-state index is 0.0693. The summed E-state index contributed by atoms with van der Waals surface area (Å²) in [7, 11) is 1.61. The highest BCUT2D eigenvalue weighted by molar-refractivity contribution is 5.85. The van der Waals surface area contributed by atoms with E-state index in [0.29, 0.717) is 22.7 Å². The van der Waals surface area contributed by atoms with E-state index >= 15 is 0 Å². The molecule has 1 aliphatic heterocycles. The Labute approximate surface area is 190 Å². The summed E-state index contributed by atoms with van der Waals surface area (Å²) in [4.78, 5) is 0. The average molecular weight is 445 g/mol. The molecule has 33 heavy (non-hydrogen) atoms. The zero-order valence-electron chi connectivity index (χ0n) is 17.8. The first-order valence-electron chi connectivity index (χ1n) is 10.4. The quantitative estimate of drug-likeness (QED) is 0.348. The number of methoxy groups -OCH3 is 1. The number of nitrogens with two attached hydrogens (primary N) is 1. The zero-order valence-corrected chi connectivity index (χ0v) is 17.8. The van der Waals surface area contributed by atoms with Crippen LogP contribution in [0.15, 0.2) is 84.9 Å². The number of hydrogen-bond donors (Lipinski definition) is 1. The summed E-state index contributed by atoms with van der Waals surface area (Å²) in [6.07, 6.45) is -0.478. The van der Waals surface area contributed by atoms with E-state index < -0.39 is 12.7 Å². The van der Waals surface area contributed by atoms with Crippen molar-refractivity contribution in [1.29, 1.82) is 0 Å². The molecule has 4 aromatic carbocycles. The fourth-order valence-electron chi connectivity index (χ4n) is 4.25. The molecule has 0 saturated carbocycles. The number of anilines is 1. The first-order chi connectivity index (χ1) is 16.0. The molecule has 5 rings (SSSR count). The molecule has 0 fully saturated rings. The summed E-state index contributed by atoms with van der Waals surface area (Å²) < 4.78 is 42.9. The monoisotopic (exact) mass is 445 g/mol. The largest absolute Gasteiger partial charge is 0.497 e. The van der Waals surface area contributed by atoms with Crippen molar-refractivity contribution in [2.45, 2.75) is 12.7 Å². The van der Waals surface area contributed by atoms with Crippen LogP contribution in [0.5, 0.6) is 17.2 Å². The Morgan fingerprint density at radius 3 is 2.48 bits per heavy atom. The number of ether oxygens (including phenoxy) is 3. The van der Waals surface area contributed by atoms with Crippen molar-refractivity contribution in [3.05, 3.63) is 96.1 Å². The third-order valence-corrected chi connectivity index (χ3v) is 5.72. The summed E-state index contributed by atoms with van der Waals surface area (Å²) in [5.74, 6) is 1.24. The van der Waals surface area contributed by atoms with Gasteiger partial charge in [0.2, 0.25) is 0 Å². The minimum Gasteiger partial charge on any atom is -0.497 e. The Bertz CT molecular complexity index is 1320. The molecule has 4 nitrogen and oxygen atoms in total. The molecule has 1 atom stereocenters. The minimum atomic E-state index is -2.94. The first-order valence-corrected chi connectivity index (χ1v) is 10.4. The second-order valence-electron chi connectivity index (χ2n) is 7.67. The van der Waals surface area contributed by atoms with Crippen LogP contribution in [0, 0.1) is 0 Å². The lowest BCUT2D eigenvalue weighted by molar-refractivity contribution is -0.0496. The standard InChI is InChI=1S/C27H21F2NO3/c1-31-18-7-4-6-17(14-18)26-21-15-16(19-8-2-3-9-22(19)30)12-13-20(21)25-23(32-26)10-5-11-24(25)33-27(28)29/h2-15,26-27H,30H2,1H3. The van der Waals surface area contributed by atoms with E-state index in [1.807, 2.05) is 66.7 Å². The van der Waals surface area contributed by atoms with E-state index in [4.69, 9.17) is 19.9 Å². The smallest absolute Gasteiger partial charge is 0.387 e. The second kappa shape index (κ2) is 8.47. The van der Waals surface area contributed by atoms with Crippen LogP contribution >= 0.6 is 0 Å². The molecule has 1 unspecified atom stereocenters. The molecule has 0 spiro atoms. The van der Waals surface area contributed by atoms with Gasteiger partial charge in [-0.2, -0.15) is 8.78 Å². The van der Waals surface area contributed by atoms with Crippen molar-refractivity contribution in [3.8, 4) is 39.5 Å². The molecule has 166 valence electrons. The van der Waals surface area contributed by atoms with Gasteiger partial charge in [0.05, 0.1) is 12.7 Å². The third-order valence-electron chi connectivity index (χ3n) is 5.72. The van der Waals surface area contributed by atoms with Gasteiger partial charge in [-0.1, -0.05) is 48.5 Å². The average Bonchev–Trinajstić information content (AvgIpc) is 2.83. The molecule has 4 aromatic rings. The lowest BCUT2D eigenvalue weighted by atomic mass is 9.86.